The lowest BCUT2D eigenvalue weighted by atomic mass is 10.2. The molecule has 0 aromatic heterocycles. The van der Waals surface area contributed by atoms with Gasteiger partial charge in [-0.3, -0.25) is 4.18 Å². The van der Waals surface area contributed by atoms with Crippen LogP contribution >= 0.6 is 0 Å². The molecule has 0 aliphatic rings. The van der Waals surface area contributed by atoms with Gasteiger partial charge >= 0.3 is 0 Å². The van der Waals surface area contributed by atoms with Gasteiger partial charge in [0, 0.05) is 0 Å². The Morgan fingerprint density at radius 1 is 1.50 bits per heavy atom. The van der Waals surface area contributed by atoms with E-state index < -0.39 is 10.1 Å². The fourth-order valence-electron chi connectivity index (χ4n) is 0.789. The molecule has 0 radical (unpaired) electrons. The second kappa shape index (κ2) is 5.32. The van der Waals surface area contributed by atoms with Crippen LogP contribution in [0.15, 0.2) is 12.2 Å². The molecule has 3 nitrogen and oxygen atoms in total. The van der Waals surface area contributed by atoms with Crippen molar-refractivity contribution in [1.82, 2.24) is 0 Å². The summed E-state index contributed by atoms with van der Waals surface area (Å²) in [4.78, 5) is 0. The van der Waals surface area contributed by atoms with Gasteiger partial charge in [0.15, 0.2) is 0 Å². The van der Waals surface area contributed by atoms with E-state index in [0.29, 0.717) is 6.42 Å². The van der Waals surface area contributed by atoms with E-state index >= 15 is 0 Å². The maximum atomic E-state index is 11.0. The molecule has 0 atom stereocenters. The standard InChI is InChI=1S/C8H16O3S/c1-4-11-12(9,10)7-5-6-8(2)3/h2,4-7H2,1,3H3. The third-order valence-electron chi connectivity index (χ3n) is 1.30. The number of rotatable bonds is 6. The van der Waals surface area contributed by atoms with Crippen molar-refractivity contribution in [3.63, 3.8) is 0 Å². The van der Waals surface area contributed by atoms with E-state index in [4.69, 9.17) is 0 Å². The fraction of sp³-hybridized carbons (Fsp3) is 0.750. The van der Waals surface area contributed by atoms with E-state index in [9.17, 15) is 8.42 Å². The summed E-state index contributed by atoms with van der Waals surface area (Å²) in [5, 5.41) is 0. The molecule has 0 unspecified atom stereocenters. The fourth-order valence-corrected chi connectivity index (χ4v) is 1.76. The van der Waals surface area contributed by atoms with Crippen molar-refractivity contribution in [3.05, 3.63) is 12.2 Å². The van der Waals surface area contributed by atoms with Gasteiger partial charge in [-0.1, -0.05) is 5.57 Å². The third kappa shape index (κ3) is 6.37. The summed E-state index contributed by atoms with van der Waals surface area (Å²) < 4.78 is 26.5. The zero-order valence-electron chi connectivity index (χ0n) is 7.67. The van der Waals surface area contributed by atoms with Gasteiger partial charge in [0.05, 0.1) is 12.4 Å². The molecule has 0 saturated heterocycles. The van der Waals surface area contributed by atoms with Crippen molar-refractivity contribution >= 4 is 10.1 Å². The monoisotopic (exact) mass is 192 g/mol. The minimum absolute atomic E-state index is 0.0910. The highest BCUT2D eigenvalue weighted by molar-refractivity contribution is 7.86. The first kappa shape index (κ1) is 11.6. The number of allylic oxidation sites excluding steroid dienone is 1. The Morgan fingerprint density at radius 2 is 2.08 bits per heavy atom. The van der Waals surface area contributed by atoms with E-state index in [1.54, 1.807) is 6.92 Å². The van der Waals surface area contributed by atoms with Crippen LogP contribution in [0.3, 0.4) is 0 Å². The predicted molar refractivity (Wildman–Crippen MR) is 49.5 cm³/mol. The van der Waals surface area contributed by atoms with Crippen LogP contribution < -0.4 is 0 Å². The maximum Gasteiger partial charge on any atom is 0.267 e. The van der Waals surface area contributed by atoms with Crippen molar-refractivity contribution in [2.24, 2.45) is 0 Å². The molecule has 4 heteroatoms. The molecule has 0 bridgehead atoms. The van der Waals surface area contributed by atoms with Gasteiger partial charge in [-0.25, -0.2) is 0 Å². The van der Waals surface area contributed by atoms with Crippen molar-refractivity contribution in [1.29, 1.82) is 0 Å². The highest BCUT2D eigenvalue weighted by Gasteiger charge is 2.08. The zero-order valence-corrected chi connectivity index (χ0v) is 8.49. The van der Waals surface area contributed by atoms with Gasteiger partial charge in [0.2, 0.25) is 0 Å². The lowest BCUT2D eigenvalue weighted by Gasteiger charge is -2.02. The lowest BCUT2D eigenvalue weighted by Crippen LogP contribution is -2.10. The molecule has 0 heterocycles. The van der Waals surface area contributed by atoms with Crippen LogP contribution in [0.5, 0.6) is 0 Å². The highest BCUT2D eigenvalue weighted by Crippen LogP contribution is 2.04. The Labute approximate surface area is 74.6 Å². The van der Waals surface area contributed by atoms with Gasteiger partial charge in [0.25, 0.3) is 10.1 Å². The molecule has 0 aromatic carbocycles. The van der Waals surface area contributed by atoms with Gasteiger partial charge in [-0.05, 0) is 26.7 Å². The molecule has 0 fully saturated rings. The first-order valence-electron chi connectivity index (χ1n) is 3.99. The van der Waals surface area contributed by atoms with Crippen molar-refractivity contribution in [2.75, 3.05) is 12.4 Å². The third-order valence-corrected chi connectivity index (χ3v) is 2.68. The molecule has 0 aliphatic heterocycles. The van der Waals surface area contributed by atoms with Gasteiger partial charge < -0.3 is 0 Å². The van der Waals surface area contributed by atoms with E-state index in [0.717, 1.165) is 12.0 Å². The van der Waals surface area contributed by atoms with Crippen LogP contribution in [-0.4, -0.2) is 20.8 Å². The Hall–Kier alpha value is -0.350. The van der Waals surface area contributed by atoms with Crippen molar-refractivity contribution in [2.45, 2.75) is 26.7 Å². The SMILES string of the molecule is C=C(C)CCCS(=O)(=O)OCC. The normalized spacial score (nSPS) is 11.5. The van der Waals surface area contributed by atoms with Crippen LogP contribution in [0, 0.1) is 0 Å². The van der Waals surface area contributed by atoms with E-state index in [1.165, 1.54) is 0 Å². The summed E-state index contributed by atoms with van der Waals surface area (Å²) >= 11 is 0. The second-order valence-corrected chi connectivity index (χ2v) is 4.49. The summed E-state index contributed by atoms with van der Waals surface area (Å²) in [6.45, 7) is 7.45. The first-order chi connectivity index (χ1) is 5.48. The van der Waals surface area contributed by atoms with Gasteiger partial charge in [-0.2, -0.15) is 8.42 Å². The Kier molecular flexibility index (Phi) is 5.17. The number of hydrogen-bond donors (Lipinski definition) is 0. The van der Waals surface area contributed by atoms with Crippen LogP contribution in [0.2, 0.25) is 0 Å². The quantitative estimate of drug-likeness (QED) is 0.475. The Bertz CT molecular complexity index is 229. The lowest BCUT2D eigenvalue weighted by molar-refractivity contribution is 0.337. The van der Waals surface area contributed by atoms with E-state index in [-0.39, 0.29) is 12.4 Å². The van der Waals surface area contributed by atoms with Crippen LogP contribution in [-0.2, 0) is 14.3 Å². The van der Waals surface area contributed by atoms with E-state index in [1.807, 2.05) is 6.92 Å². The van der Waals surface area contributed by atoms with Crippen LogP contribution in [0.25, 0.3) is 0 Å². The van der Waals surface area contributed by atoms with Gasteiger partial charge in [-0.15, -0.1) is 6.58 Å². The van der Waals surface area contributed by atoms with Crippen molar-refractivity contribution < 1.29 is 12.6 Å². The Balaban J connectivity index is 3.69. The van der Waals surface area contributed by atoms with Crippen LogP contribution in [0.4, 0.5) is 0 Å². The molecule has 72 valence electrons. The second-order valence-electron chi connectivity index (χ2n) is 2.73. The number of hydrogen-bond acceptors (Lipinski definition) is 3. The predicted octanol–water partition coefficient (Wildman–Crippen LogP) is 1.71. The largest absolute Gasteiger partial charge is 0.270 e. The molecule has 0 saturated carbocycles. The molecule has 0 spiro atoms. The molecule has 0 rings (SSSR count). The average Bonchev–Trinajstić information content (AvgIpc) is 1.85. The average molecular weight is 192 g/mol. The summed E-state index contributed by atoms with van der Waals surface area (Å²) in [6, 6.07) is 0. The molecule has 0 N–H and O–H groups in total. The summed E-state index contributed by atoms with van der Waals surface area (Å²) in [5.74, 6) is 0.0910. The smallest absolute Gasteiger partial charge is 0.267 e. The maximum absolute atomic E-state index is 11.0. The summed E-state index contributed by atoms with van der Waals surface area (Å²) in [7, 11) is -3.27. The minimum Gasteiger partial charge on any atom is -0.270 e. The van der Waals surface area contributed by atoms with Gasteiger partial charge in [0.1, 0.15) is 0 Å². The van der Waals surface area contributed by atoms with Crippen molar-refractivity contribution in [3.8, 4) is 0 Å². The summed E-state index contributed by atoms with van der Waals surface area (Å²) in [6.07, 6.45) is 1.34. The molecule has 0 aromatic rings. The molecule has 0 aliphatic carbocycles. The first-order valence-corrected chi connectivity index (χ1v) is 5.57. The molecule has 0 amide bonds. The molecular weight excluding hydrogens is 176 g/mol. The topological polar surface area (TPSA) is 43.4 Å². The summed E-state index contributed by atoms with van der Waals surface area (Å²) in [5.41, 5.74) is 1.00. The highest BCUT2D eigenvalue weighted by atomic mass is 32.2. The zero-order chi connectivity index (χ0) is 9.61. The van der Waals surface area contributed by atoms with E-state index in [2.05, 4.69) is 10.8 Å². The molecule has 12 heavy (non-hydrogen) atoms. The minimum atomic E-state index is -3.27. The molecular formula is C8H16O3S. The van der Waals surface area contributed by atoms with Crippen LogP contribution in [0.1, 0.15) is 26.7 Å². The Morgan fingerprint density at radius 3 is 2.50 bits per heavy atom.